The van der Waals surface area contributed by atoms with Gasteiger partial charge in [0.15, 0.2) is 15.8 Å². The van der Waals surface area contributed by atoms with E-state index in [1.165, 1.54) is 28.5 Å². The quantitative estimate of drug-likeness (QED) is 0.324. The van der Waals surface area contributed by atoms with Crippen molar-refractivity contribution in [2.75, 3.05) is 19.3 Å². The molecule has 0 fully saturated rings. The van der Waals surface area contributed by atoms with Gasteiger partial charge in [-0.2, -0.15) is 0 Å². The van der Waals surface area contributed by atoms with Gasteiger partial charge in [0.1, 0.15) is 0 Å². The van der Waals surface area contributed by atoms with Crippen LogP contribution in [0.3, 0.4) is 0 Å². The van der Waals surface area contributed by atoms with Crippen molar-refractivity contribution in [2.45, 2.75) is 45.6 Å². The number of hydrogen-bond donors (Lipinski definition) is 2. The van der Waals surface area contributed by atoms with Crippen molar-refractivity contribution < 1.29 is 8.42 Å². The van der Waals surface area contributed by atoms with Gasteiger partial charge in [-0.05, 0) is 68.5 Å². The number of guanidine groups is 1. The Morgan fingerprint density at radius 2 is 1.59 bits per heavy atom. The van der Waals surface area contributed by atoms with E-state index in [2.05, 4.69) is 43.5 Å². The highest BCUT2D eigenvalue weighted by Gasteiger charge is 2.07. The normalized spacial score (nSPS) is 11.7. The molecule has 0 atom stereocenters. The second kappa shape index (κ2) is 11.5. The summed E-state index contributed by atoms with van der Waals surface area (Å²) in [5.41, 5.74) is 6.15. The monoisotopic (exact) mass is 529 g/mol. The van der Waals surface area contributed by atoms with E-state index in [1.807, 2.05) is 19.1 Å². The molecule has 2 aromatic rings. The molecule has 29 heavy (non-hydrogen) atoms. The maximum Gasteiger partial charge on any atom is 0.191 e. The molecule has 2 aromatic carbocycles. The molecule has 0 saturated carbocycles. The molecular formula is C22H32IN3O2S. The molecule has 0 aliphatic carbocycles. The van der Waals surface area contributed by atoms with E-state index in [0.717, 1.165) is 31.0 Å². The summed E-state index contributed by atoms with van der Waals surface area (Å²) in [6.45, 7) is 10.6. The van der Waals surface area contributed by atoms with Crippen LogP contribution in [0.25, 0.3) is 0 Å². The third-order valence-electron chi connectivity index (χ3n) is 4.64. The largest absolute Gasteiger partial charge is 0.357 e. The van der Waals surface area contributed by atoms with Gasteiger partial charge in [-0.1, -0.05) is 29.8 Å². The number of nitrogens with zero attached hydrogens (tertiary/aromatic N) is 1. The molecule has 7 heteroatoms. The molecule has 0 aliphatic rings. The summed E-state index contributed by atoms with van der Waals surface area (Å²) < 4.78 is 23.1. The van der Waals surface area contributed by atoms with Gasteiger partial charge in [-0.25, -0.2) is 13.4 Å². The highest BCUT2D eigenvalue weighted by molar-refractivity contribution is 14.0. The Morgan fingerprint density at radius 1 is 1.00 bits per heavy atom. The average Bonchev–Trinajstić information content (AvgIpc) is 2.60. The molecule has 0 radical (unpaired) electrons. The third-order valence-corrected chi connectivity index (χ3v) is 5.77. The number of benzene rings is 2. The van der Waals surface area contributed by atoms with Crippen LogP contribution in [0, 0.1) is 20.8 Å². The lowest BCUT2D eigenvalue weighted by atomic mass is 10.00. The van der Waals surface area contributed by atoms with Gasteiger partial charge in [-0.15, -0.1) is 24.0 Å². The smallest absolute Gasteiger partial charge is 0.191 e. The topological polar surface area (TPSA) is 70.6 Å². The van der Waals surface area contributed by atoms with Gasteiger partial charge in [0.25, 0.3) is 0 Å². The maximum atomic E-state index is 11.5. The lowest BCUT2D eigenvalue weighted by Crippen LogP contribution is -2.38. The Labute approximate surface area is 192 Å². The number of aliphatic imine (C=N–C) groups is 1. The zero-order valence-electron chi connectivity index (χ0n) is 17.9. The number of nitrogens with one attached hydrogen (secondary N) is 2. The molecule has 2 rings (SSSR count). The number of halogens is 1. The van der Waals surface area contributed by atoms with Crippen molar-refractivity contribution in [3.8, 4) is 0 Å². The Hall–Kier alpha value is -1.61. The number of aryl methyl sites for hydroxylation is 3. The van der Waals surface area contributed by atoms with Crippen LogP contribution in [0.5, 0.6) is 0 Å². The maximum absolute atomic E-state index is 11.5. The molecule has 0 aliphatic heterocycles. The molecule has 5 nitrogen and oxygen atoms in total. The van der Waals surface area contributed by atoms with Crippen LogP contribution in [-0.4, -0.2) is 33.7 Å². The molecule has 0 unspecified atom stereocenters. The van der Waals surface area contributed by atoms with E-state index in [-0.39, 0.29) is 24.0 Å². The van der Waals surface area contributed by atoms with Gasteiger partial charge in [0.05, 0.1) is 11.4 Å². The summed E-state index contributed by atoms with van der Waals surface area (Å²) in [4.78, 5) is 5.08. The summed E-state index contributed by atoms with van der Waals surface area (Å²) in [5, 5.41) is 6.63. The van der Waals surface area contributed by atoms with Crippen LogP contribution in [-0.2, 0) is 22.8 Å². The Bertz CT molecular complexity index is 916. The van der Waals surface area contributed by atoms with Gasteiger partial charge in [0.2, 0.25) is 0 Å². The first-order valence-electron chi connectivity index (χ1n) is 9.58. The van der Waals surface area contributed by atoms with Crippen molar-refractivity contribution in [3.05, 3.63) is 64.2 Å². The Balaban J connectivity index is 0.00000420. The zero-order chi connectivity index (χ0) is 20.7. The molecule has 0 bridgehead atoms. The minimum Gasteiger partial charge on any atom is -0.357 e. The number of sulfone groups is 1. The summed E-state index contributed by atoms with van der Waals surface area (Å²) in [7, 11) is -3.15. The van der Waals surface area contributed by atoms with Crippen molar-refractivity contribution in [1.82, 2.24) is 10.6 Å². The SMILES string of the molecule is CCNC(=NCc1c(C)cc(C)cc1C)NCCc1ccc(S(C)(=O)=O)cc1.I. The van der Waals surface area contributed by atoms with Crippen LogP contribution >= 0.6 is 24.0 Å². The highest BCUT2D eigenvalue weighted by atomic mass is 127. The van der Waals surface area contributed by atoms with E-state index in [0.29, 0.717) is 11.4 Å². The molecule has 0 aromatic heterocycles. The first-order valence-corrected chi connectivity index (χ1v) is 11.5. The van der Waals surface area contributed by atoms with E-state index >= 15 is 0 Å². The summed E-state index contributed by atoms with van der Waals surface area (Å²) in [5.74, 6) is 0.787. The van der Waals surface area contributed by atoms with Crippen LogP contribution < -0.4 is 10.6 Å². The summed E-state index contributed by atoms with van der Waals surface area (Å²) in [6, 6.07) is 11.4. The summed E-state index contributed by atoms with van der Waals surface area (Å²) in [6.07, 6.45) is 2.01. The van der Waals surface area contributed by atoms with Gasteiger partial charge in [0, 0.05) is 19.3 Å². The lowest BCUT2D eigenvalue weighted by molar-refractivity contribution is 0.602. The minimum atomic E-state index is -3.15. The molecule has 0 heterocycles. The number of hydrogen-bond acceptors (Lipinski definition) is 3. The second-order valence-electron chi connectivity index (χ2n) is 7.17. The van der Waals surface area contributed by atoms with E-state index in [4.69, 9.17) is 4.99 Å². The van der Waals surface area contributed by atoms with Crippen molar-refractivity contribution in [1.29, 1.82) is 0 Å². The van der Waals surface area contributed by atoms with Gasteiger partial charge in [-0.3, -0.25) is 0 Å². The van der Waals surface area contributed by atoms with Gasteiger partial charge < -0.3 is 10.6 Å². The Morgan fingerprint density at radius 3 is 2.10 bits per heavy atom. The molecule has 2 N–H and O–H groups in total. The standard InChI is InChI=1S/C22H31N3O2S.HI/c1-6-23-22(25-15-21-17(3)13-16(2)14-18(21)4)24-12-11-19-7-9-20(10-8-19)28(5,26)27;/h7-10,13-14H,6,11-12,15H2,1-5H3,(H2,23,24,25);1H. The zero-order valence-corrected chi connectivity index (χ0v) is 21.0. The molecule has 0 saturated heterocycles. The molecular weight excluding hydrogens is 497 g/mol. The van der Waals surface area contributed by atoms with Crippen molar-refractivity contribution >= 4 is 39.8 Å². The fourth-order valence-electron chi connectivity index (χ4n) is 3.19. The van der Waals surface area contributed by atoms with E-state index in [1.54, 1.807) is 12.1 Å². The molecule has 0 spiro atoms. The van der Waals surface area contributed by atoms with Crippen LogP contribution in [0.15, 0.2) is 46.3 Å². The second-order valence-corrected chi connectivity index (χ2v) is 9.18. The third kappa shape index (κ3) is 7.97. The fraction of sp³-hybridized carbons (Fsp3) is 0.409. The highest BCUT2D eigenvalue weighted by Crippen LogP contribution is 2.17. The predicted molar refractivity (Wildman–Crippen MR) is 132 cm³/mol. The molecule has 0 amide bonds. The molecule has 160 valence electrons. The van der Waals surface area contributed by atoms with E-state index in [9.17, 15) is 8.42 Å². The van der Waals surface area contributed by atoms with E-state index < -0.39 is 9.84 Å². The van der Waals surface area contributed by atoms with Crippen molar-refractivity contribution in [2.24, 2.45) is 4.99 Å². The first-order chi connectivity index (χ1) is 13.2. The Kier molecular flexibility index (Phi) is 10.1. The first kappa shape index (κ1) is 25.4. The predicted octanol–water partition coefficient (Wildman–Crippen LogP) is 3.93. The van der Waals surface area contributed by atoms with Crippen molar-refractivity contribution in [3.63, 3.8) is 0 Å². The summed E-state index contributed by atoms with van der Waals surface area (Å²) >= 11 is 0. The van der Waals surface area contributed by atoms with Gasteiger partial charge >= 0.3 is 0 Å². The van der Waals surface area contributed by atoms with Crippen LogP contribution in [0.4, 0.5) is 0 Å². The minimum absolute atomic E-state index is 0. The lowest BCUT2D eigenvalue weighted by Gasteiger charge is -2.13. The van der Waals surface area contributed by atoms with Crippen LogP contribution in [0.1, 0.15) is 34.7 Å². The number of rotatable bonds is 7. The average molecular weight is 529 g/mol. The van der Waals surface area contributed by atoms with Crippen LogP contribution in [0.2, 0.25) is 0 Å². The fourth-order valence-corrected chi connectivity index (χ4v) is 3.82.